The van der Waals surface area contributed by atoms with Crippen molar-refractivity contribution in [1.29, 1.82) is 0 Å². The molecule has 5 heteroatoms. The first kappa shape index (κ1) is 13.4. The fraction of sp³-hybridized carbons (Fsp3) is 0.429. The van der Waals surface area contributed by atoms with Gasteiger partial charge in [0.1, 0.15) is 5.41 Å². The van der Waals surface area contributed by atoms with Crippen LogP contribution >= 0.6 is 0 Å². The average molecular weight is 261 g/mol. The van der Waals surface area contributed by atoms with Gasteiger partial charge in [-0.15, -0.1) is 0 Å². The summed E-state index contributed by atoms with van der Waals surface area (Å²) in [7, 11) is 0. The lowest BCUT2D eigenvalue weighted by Gasteiger charge is -2.21. The van der Waals surface area contributed by atoms with E-state index in [1.807, 2.05) is 37.3 Å². The molecule has 1 atom stereocenters. The molecule has 2 rings (SSSR count). The van der Waals surface area contributed by atoms with Gasteiger partial charge in [0.05, 0.1) is 6.04 Å². The molecule has 0 saturated heterocycles. The Morgan fingerprint density at radius 3 is 2.58 bits per heavy atom. The zero-order valence-electron chi connectivity index (χ0n) is 11.0. The second kappa shape index (κ2) is 5.30. The standard InChI is InChI=1S/C14H19N3O2/c1-2-11(10-6-4-3-5-7-10)16-13(18)14(8-9-14)12(15)17-19/h3-7,11,19H,2,8-9H2,1H3,(H2,15,17)(H,16,18). The van der Waals surface area contributed by atoms with E-state index < -0.39 is 5.41 Å². The smallest absolute Gasteiger partial charge is 0.234 e. The van der Waals surface area contributed by atoms with E-state index in [4.69, 9.17) is 10.9 Å². The van der Waals surface area contributed by atoms with Crippen LogP contribution in [0.4, 0.5) is 0 Å². The van der Waals surface area contributed by atoms with Gasteiger partial charge < -0.3 is 16.3 Å². The van der Waals surface area contributed by atoms with Gasteiger partial charge in [0, 0.05) is 0 Å². The first-order chi connectivity index (χ1) is 9.14. The molecule has 1 aromatic rings. The Bertz CT molecular complexity index is 481. The lowest BCUT2D eigenvalue weighted by atomic mass is 10.0. The number of hydrogen-bond donors (Lipinski definition) is 3. The van der Waals surface area contributed by atoms with E-state index >= 15 is 0 Å². The molecule has 1 amide bonds. The van der Waals surface area contributed by atoms with Crippen molar-refractivity contribution in [3.8, 4) is 0 Å². The fourth-order valence-electron chi connectivity index (χ4n) is 2.22. The molecular formula is C14H19N3O2. The van der Waals surface area contributed by atoms with E-state index in [9.17, 15) is 4.79 Å². The summed E-state index contributed by atoms with van der Waals surface area (Å²) in [4.78, 5) is 12.3. The van der Waals surface area contributed by atoms with Crippen molar-refractivity contribution in [1.82, 2.24) is 5.32 Å². The summed E-state index contributed by atoms with van der Waals surface area (Å²) >= 11 is 0. The highest BCUT2D eigenvalue weighted by atomic mass is 16.4. The molecule has 0 radical (unpaired) electrons. The van der Waals surface area contributed by atoms with E-state index in [0.717, 1.165) is 12.0 Å². The van der Waals surface area contributed by atoms with Crippen molar-refractivity contribution in [2.45, 2.75) is 32.2 Å². The van der Waals surface area contributed by atoms with Crippen molar-refractivity contribution >= 4 is 11.7 Å². The number of amidine groups is 1. The summed E-state index contributed by atoms with van der Waals surface area (Å²) in [5.41, 5.74) is 5.88. The molecule has 5 nitrogen and oxygen atoms in total. The number of amides is 1. The minimum Gasteiger partial charge on any atom is -0.409 e. The van der Waals surface area contributed by atoms with Crippen LogP contribution in [0.1, 0.15) is 37.8 Å². The summed E-state index contributed by atoms with van der Waals surface area (Å²) in [6, 6.07) is 9.75. The maximum absolute atomic E-state index is 12.3. The minimum atomic E-state index is -0.795. The first-order valence-electron chi connectivity index (χ1n) is 6.48. The van der Waals surface area contributed by atoms with Crippen LogP contribution in [-0.2, 0) is 4.79 Å². The molecule has 4 N–H and O–H groups in total. The summed E-state index contributed by atoms with van der Waals surface area (Å²) in [5.74, 6) is -0.147. The molecule has 1 aromatic carbocycles. The summed E-state index contributed by atoms with van der Waals surface area (Å²) < 4.78 is 0. The SMILES string of the molecule is CCC(NC(=O)C1(/C(N)=N/O)CC1)c1ccccc1. The average Bonchev–Trinajstić information content (AvgIpc) is 3.26. The first-order valence-corrected chi connectivity index (χ1v) is 6.48. The van der Waals surface area contributed by atoms with Crippen LogP contribution in [0.25, 0.3) is 0 Å². The molecule has 1 saturated carbocycles. The number of oxime groups is 1. The third-order valence-electron chi connectivity index (χ3n) is 3.70. The molecule has 1 unspecified atom stereocenters. The molecule has 1 aliphatic carbocycles. The summed E-state index contributed by atoms with van der Waals surface area (Å²) in [5, 5.41) is 14.7. The maximum atomic E-state index is 12.3. The third kappa shape index (κ3) is 2.54. The molecular weight excluding hydrogens is 242 g/mol. The predicted octanol–water partition coefficient (Wildman–Crippen LogP) is 1.78. The number of nitrogens with zero attached hydrogens (tertiary/aromatic N) is 1. The molecule has 1 fully saturated rings. The van der Waals surface area contributed by atoms with E-state index in [1.165, 1.54) is 0 Å². The quantitative estimate of drug-likeness (QED) is 0.327. The van der Waals surface area contributed by atoms with Crippen LogP contribution in [-0.4, -0.2) is 17.0 Å². The molecule has 1 aliphatic rings. The van der Waals surface area contributed by atoms with Gasteiger partial charge in [0.2, 0.25) is 5.91 Å². The van der Waals surface area contributed by atoms with Gasteiger partial charge in [-0.3, -0.25) is 4.79 Å². The van der Waals surface area contributed by atoms with Crippen molar-refractivity contribution in [2.75, 3.05) is 0 Å². The number of benzene rings is 1. The topological polar surface area (TPSA) is 87.7 Å². The zero-order chi connectivity index (χ0) is 13.9. The number of rotatable bonds is 5. The Hall–Kier alpha value is -2.04. The van der Waals surface area contributed by atoms with Crippen molar-refractivity contribution in [3.63, 3.8) is 0 Å². The second-order valence-electron chi connectivity index (χ2n) is 4.91. The minimum absolute atomic E-state index is 0.00733. The van der Waals surface area contributed by atoms with Crippen molar-refractivity contribution in [2.24, 2.45) is 16.3 Å². The second-order valence-corrected chi connectivity index (χ2v) is 4.91. The molecule has 0 spiro atoms. The Labute approximate surface area is 112 Å². The lowest BCUT2D eigenvalue weighted by molar-refractivity contribution is -0.124. The Morgan fingerprint density at radius 2 is 2.11 bits per heavy atom. The highest BCUT2D eigenvalue weighted by molar-refractivity contribution is 6.09. The van der Waals surface area contributed by atoms with Gasteiger partial charge in [0.25, 0.3) is 0 Å². The van der Waals surface area contributed by atoms with Gasteiger partial charge in [-0.2, -0.15) is 0 Å². The predicted molar refractivity (Wildman–Crippen MR) is 72.7 cm³/mol. The number of nitrogens with one attached hydrogen (secondary N) is 1. The largest absolute Gasteiger partial charge is 0.409 e. The highest BCUT2D eigenvalue weighted by Gasteiger charge is 2.54. The third-order valence-corrected chi connectivity index (χ3v) is 3.70. The number of carbonyl (C=O) groups is 1. The monoisotopic (exact) mass is 261 g/mol. The number of nitrogens with two attached hydrogens (primary N) is 1. The Morgan fingerprint density at radius 1 is 1.47 bits per heavy atom. The van der Waals surface area contributed by atoms with Crippen LogP contribution in [0.5, 0.6) is 0 Å². The molecule has 102 valence electrons. The molecule has 0 bridgehead atoms. The highest BCUT2D eigenvalue weighted by Crippen LogP contribution is 2.46. The van der Waals surface area contributed by atoms with Gasteiger partial charge >= 0.3 is 0 Å². The number of carbonyl (C=O) groups excluding carboxylic acids is 1. The van der Waals surface area contributed by atoms with Gasteiger partial charge in [-0.25, -0.2) is 0 Å². The zero-order valence-corrected chi connectivity index (χ0v) is 11.0. The van der Waals surface area contributed by atoms with Gasteiger partial charge in [0.15, 0.2) is 5.84 Å². The number of hydrogen-bond acceptors (Lipinski definition) is 3. The van der Waals surface area contributed by atoms with Gasteiger partial charge in [-0.05, 0) is 24.8 Å². The molecule has 0 heterocycles. The Balaban J connectivity index is 2.10. The van der Waals surface area contributed by atoms with Crippen molar-refractivity contribution < 1.29 is 10.0 Å². The summed E-state index contributed by atoms with van der Waals surface area (Å²) in [6.45, 7) is 2.01. The molecule has 0 aliphatic heterocycles. The fourth-order valence-corrected chi connectivity index (χ4v) is 2.22. The molecule has 19 heavy (non-hydrogen) atoms. The normalized spacial score (nSPS) is 18.7. The van der Waals surface area contributed by atoms with E-state index in [1.54, 1.807) is 0 Å². The van der Waals surface area contributed by atoms with Crippen LogP contribution in [0.3, 0.4) is 0 Å². The Kier molecular flexibility index (Phi) is 3.74. The van der Waals surface area contributed by atoms with Crippen LogP contribution in [0.2, 0.25) is 0 Å². The summed E-state index contributed by atoms with van der Waals surface area (Å²) in [6.07, 6.45) is 2.07. The van der Waals surface area contributed by atoms with E-state index in [0.29, 0.717) is 12.8 Å². The van der Waals surface area contributed by atoms with E-state index in [-0.39, 0.29) is 17.8 Å². The van der Waals surface area contributed by atoms with Crippen LogP contribution in [0, 0.1) is 5.41 Å². The lowest BCUT2D eigenvalue weighted by Crippen LogP contribution is -2.42. The maximum Gasteiger partial charge on any atom is 0.234 e. The van der Waals surface area contributed by atoms with Crippen LogP contribution in [0.15, 0.2) is 35.5 Å². The van der Waals surface area contributed by atoms with E-state index in [2.05, 4.69) is 10.5 Å². The molecule has 0 aromatic heterocycles. The van der Waals surface area contributed by atoms with Gasteiger partial charge in [-0.1, -0.05) is 42.4 Å². The van der Waals surface area contributed by atoms with Crippen LogP contribution < -0.4 is 11.1 Å². The van der Waals surface area contributed by atoms with Crippen molar-refractivity contribution in [3.05, 3.63) is 35.9 Å².